The van der Waals surface area contributed by atoms with Gasteiger partial charge >= 0.3 is 0 Å². The molecule has 25 heavy (non-hydrogen) atoms. The fourth-order valence-corrected chi connectivity index (χ4v) is 3.98. The third-order valence-electron chi connectivity index (χ3n) is 5.28. The molecule has 1 amide bonds. The second-order valence-corrected chi connectivity index (χ2v) is 7.20. The number of hydrogen-bond acceptors (Lipinski definition) is 3. The average molecular weight is 409 g/mol. The Hall–Kier alpha value is -0.520. The maximum atomic E-state index is 12.7. The summed E-state index contributed by atoms with van der Waals surface area (Å²) in [7, 11) is 0. The molecular formula is C18H28Cl3N3O. The lowest BCUT2D eigenvalue weighted by molar-refractivity contribution is -0.138. The van der Waals surface area contributed by atoms with Crippen molar-refractivity contribution in [1.82, 2.24) is 9.80 Å². The predicted octanol–water partition coefficient (Wildman–Crippen LogP) is 3.20. The maximum absolute atomic E-state index is 12.7. The summed E-state index contributed by atoms with van der Waals surface area (Å²) in [5.41, 5.74) is 7.09. The molecule has 1 saturated heterocycles. The second-order valence-electron chi connectivity index (χ2n) is 6.76. The van der Waals surface area contributed by atoms with Crippen molar-refractivity contribution in [2.75, 3.05) is 32.7 Å². The van der Waals surface area contributed by atoms with E-state index in [1.807, 2.05) is 12.1 Å². The number of nitrogens with two attached hydrogens (primary N) is 1. The molecule has 0 aromatic heterocycles. The number of carbonyl (C=O) groups is 1. The Morgan fingerprint density at radius 3 is 2.32 bits per heavy atom. The van der Waals surface area contributed by atoms with Crippen molar-refractivity contribution in [3.63, 3.8) is 0 Å². The van der Waals surface area contributed by atoms with Crippen LogP contribution in [0.2, 0.25) is 5.02 Å². The second kappa shape index (κ2) is 10.6. The van der Waals surface area contributed by atoms with E-state index in [1.165, 1.54) is 5.56 Å². The molecule has 1 aliphatic carbocycles. The van der Waals surface area contributed by atoms with Gasteiger partial charge < -0.3 is 10.6 Å². The molecule has 2 aliphatic rings. The summed E-state index contributed by atoms with van der Waals surface area (Å²) in [5, 5.41) is 0.773. The molecule has 142 valence electrons. The van der Waals surface area contributed by atoms with Gasteiger partial charge in [-0.15, -0.1) is 24.8 Å². The molecule has 0 bridgehead atoms. The van der Waals surface area contributed by atoms with Crippen LogP contribution >= 0.6 is 36.4 Å². The number of nitrogens with zero attached hydrogens (tertiary/aromatic N) is 2. The van der Waals surface area contributed by atoms with Gasteiger partial charge in [0, 0.05) is 43.7 Å². The van der Waals surface area contributed by atoms with Crippen LogP contribution in [0, 0.1) is 11.8 Å². The van der Waals surface area contributed by atoms with Crippen molar-refractivity contribution in [1.29, 1.82) is 0 Å². The van der Waals surface area contributed by atoms with Crippen LogP contribution < -0.4 is 5.73 Å². The molecule has 1 aromatic carbocycles. The molecule has 1 saturated carbocycles. The first kappa shape index (κ1) is 22.5. The van der Waals surface area contributed by atoms with E-state index in [9.17, 15) is 4.79 Å². The number of piperazine rings is 1. The predicted molar refractivity (Wildman–Crippen MR) is 108 cm³/mol. The van der Waals surface area contributed by atoms with Gasteiger partial charge in [0.1, 0.15) is 0 Å². The van der Waals surface area contributed by atoms with Gasteiger partial charge in [0.25, 0.3) is 0 Å². The number of halogens is 3. The van der Waals surface area contributed by atoms with Gasteiger partial charge in [0.2, 0.25) is 5.91 Å². The summed E-state index contributed by atoms with van der Waals surface area (Å²) in [5.74, 6) is 0.904. The first-order chi connectivity index (χ1) is 11.2. The van der Waals surface area contributed by atoms with Gasteiger partial charge in [0.05, 0.1) is 0 Å². The highest BCUT2D eigenvalue weighted by molar-refractivity contribution is 6.30. The van der Waals surface area contributed by atoms with Gasteiger partial charge in [-0.1, -0.05) is 30.2 Å². The molecule has 2 N–H and O–H groups in total. The van der Waals surface area contributed by atoms with Gasteiger partial charge in [-0.25, -0.2) is 0 Å². The molecule has 0 radical (unpaired) electrons. The Balaban J connectivity index is 0.00000156. The van der Waals surface area contributed by atoms with Crippen LogP contribution in [-0.2, 0) is 11.3 Å². The fraction of sp³-hybridized carbons (Fsp3) is 0.611. The van der Waals surface area contributed by atoms with E-state index in [-0.39, 0.29) is 30.7 Å². The zero-order valence-corrected chi connectivity index (χ0v) is 16.8. The molecule has 1 aromatic rings. The zero-order valence-electron chi connectivity index (χ0n) is 14.4. The molecular weight excluding hydrogens is 381 g/mol. The standard InChI is InChI=1S/C18H26ClN3O.2ClH/c19-16-6-4-14(5-7-16)13-21-8-10-22(11-9-21)18(23)17-3-1-2-15(17)12-20;;/h4-7,15,17H,1-3,8-13,20H2;2*1H/t15-,17-;;/m1../s1. The van der Waals surface area contributed by atoms with Crippen molar-refractivity contribution in [2.24, 2.45) is 17.6 Å². The highest BCUT2D eigenvalue weighted by atomic mass is 35.5. The zero-order chi connectivity index (χ0) is 16.2. The molecule has 7 heteroatoms. The largest absolute Gasteiger partial charge is 0.340 e. The van der Waals surface area contributed by atoms with Crippen LogP contribution in [0.25, 0.3) is 0 Å². The van der Waals surface area contributed by atoms with Crippen molar-refractivity contribution in [3.05, 3.63) is 34.9 Å². The topological polar surface area (TPSA) is 49.6 Å². The van der Waals surface area contributed by atoms with Gasteiger partial charge in [0.15, 0.2) is 0 Å². The van der Waals surface area contributed by atoms with Crippen LogP contribution in [-0.4, -0.2) is 48.4 Å². The van der Waals surface area contributed by atoms with Crippen molar-refractivity contribution in [2.45, 2.75) is 25.8 Å². The molecule has 1 aliphatic heterocycles. The Kier molecular flexibility index (Phi) is 9.54. The molecule has 3 rings (SSSR count). The number of benzene rings is 1. The lowest BCUT2D eigenvalue weighted by atomic mass is 9.94. The first-order valence-corrected chi connectivity index (χ1v) is 9.01. The Morgan fingerprint density at radius 1 is 1.08 bits per heavy atom. The summed E-state index contributed by atoms with van der Waals surface area (Å²) in [4.78, 5) is 17.2. The van der Waals surface area contributed by atoms with Crippen LogP contribution in [0.5, 0.6) is 0 Å². The van der Waals surface area contributed by atoms with E-state index in [0.717, 1.165) is 57.0 Å². The summed E-state index contributed by atoms with van der Waals surface area (Å²) in [6.45, 7) is 5.12. The summed E-state index contributed by atoms with van der Waals surface area (Å²) in [6.07, 6.45) is 3.28. The molecule has 2 fully saturated rings. The number of rotatable bonds is 4. The quantitative estimate of drug-likeness (QED) is 0.832. The van der Waals surface area contributed by atoms with E-state index >= 15 is 0 Å². The van der Waals surface area contributed by atoms with E-state index < -0.39 is 0 Å². The number of carbonyl (C=O) groups excluding carboxylic acids is 1. The monoisotopic (exact) mass is 407 g/mol. The Labute approximate surface area is 167 Å². The fourth-order valence-electron chi connectivity index (χ4n) is 3.85. The third kappa shape index (κ3) is 5.73. The highest BCUT2D eigenvalue weighted by Gasteiger charge is 2.35. The van der Waals surface area contributed by atoms with Crippen LogP contribution in [0.15, 0.2) is 24.3 Å². The van der Waals surface area contributed by atoms with Crippen LogP contribution in [0.3, 0.4) is 0 Å². The van der Waals surface area contributed by atoms with Gasteiger partial charge in [-0.2, -0.15) is 0 Å². The molecule has 0 spiro atoms. The van der Waals surface area contributed by atoms with E-state index in [0.29, 0.717) is 18.4 Å². The first-order valence-electron chi connectivity index (χ1n) is 8.63. The Morgan fingerprint density at radius 2 is 1.72 bits per heavy atom. The molecule has 2 atom stereocenters. The van der Waals surface area contributed by atoms with E-state index in [2.05, 4.69) is 21.9 Å². The minimum atomic E-state index is 0. The highest BCUT2D eigenvalue weighted by Crippen LogP contribution is 2.32. The van der Waals surface area contributed by atoms with Crippen molar-refractivity contribution in [3.8, 4) is 0 Å². The Bertz CT molecular complexity index is 533. The van der Waals surface area contributed by atoms with E-state index in [1.54, 1.807) is 0 Å². The number of amides is 1. The summed E-state index contributed by atoms with van der Waals surface area (Å²) >= 11 is 5.93. The molecule has 0 unspecified atom stereocenters. The van der Waals surface area contributed by atoms with E-state index in [4.69, 9.17) is 17.3 Å². The molecule has 1 heterocycles. The van der Waals surface area contributed by atoms with Gasteiger partial charge in [-0.3, -0.25) is 9.69 Å². The summed E-state index contributed by atoms with van der Waals surface area (Å²) in [6, 6.07) is 8.02. The normalized spacial score (nSPS) is 23.7. The smallest absolute Gasteiger partial charge is 0.226 e. The lowest BCUT2D eigenvalue weighted by Gasteiger charge is -2.36. The van der Waals surface area contributed by atoms with Crippen molar-refractivity contribution >= 4 is 42.3 Å². The SMILES string of the molecule is Cl.Cl.NC[C@H]1CCC[C@H]1C(=O)N1CCN(Cc2ccc(Cl)cc2)CC1. The third-order valence-corrected chi connectivity index (χ3v) is 5.53. The van der Waals surface area contributed by atoms with Gasteiger partial charge in [-0.05, 0) is 43.0 Å². The maximum Gasteiger partial charge on any atom is 0.226 e. The number of hydrogen-bond donors (Lipinski definition) is 1. The summed E-state index contributed by atoms with van der Waals surface area (Å²) < 4.78 is 0. The minimum Gasteiger partial charge on any atom is -0.340 e. The molecule has 4 nitrogen and oxygen atoms in total. The average Bonchev–Trinajstić information content (AvgIpc) is 3.06. The van der Waals surface area contributed by atoms with Crippen LogP contribution in [0.4, 0.5) is 0 Å². The van der Waals surface area contributed by atoms with Crippen molar-refractivity contribution < 1.29 is 4.79 Å². The lowest BCUT2D eigenvalue weighted by Crippen LogP contribution is -2.50. The van der Waals surface area contributed by atoms with Crippen LogP contribution in [0.1, 0.15) is 24.8 Å². The minimum absolute atomic E-state index is 0.